The van der Waals surface area contributed by atoms with Crippen molar-refractivity contribution in [3.05, 3.63) is 53.1 Å². The van der Waals surface area contributed by atoms with Crippen molar-refractivity contribution in [2.24, 2.45) is 0 Å². The molecule has 0 spiro atoms. The number of hydrogen-bond acceptors (Lipinski definition) is 4. The van der Waals surface area contributed by atoms with Gasteiger partial charge in [-0.05, 0) is 32.0 Å². The number of nitrogen functional groups attached to an aromatic ring is 1. The first-order valence-corrected chi connectivity index (χ1v) is 5.99. The van der Waals surface area contributed by atoms with Crippen molar-refractivity contribution in [2.75, 3.05) is 5.73 Å². The quantitative estimate of drug-likeness (QED) is 0.874. The number of pyridine rings is 2. The maximum Gasteiger partial charge on any atom is 0.253 e. The number of rotatable bonds is 3. The lowest BCUT2D eigenvalue weighted by molar-refractivity contribution is 0.0949. The molecule has 0 saturated heterocycles. The highest BCUT2D eigenvalue weighted by atomic mass is 16.1. The Hall–Kier alpha value is -2.43. The first-order valence-electron chi connectivity index (χ1n) is 5.99. The molecule has 0 atom stereocenters. The standard InChI is InChI=1S/C14H16N4O/c1-9-4-3-5-12(18-9)8-17-14(19)13-6-11(15)7-16-10(13)2/h3-7H,8,15H2,1-2H3,(H,17,19). The van der Waals surface area contributed by atoms with Crippen LogP contribution in [0.2, 0.25) is 0 Å². The SMILES string of the molecule is Cc1cccc(CNC(=O)c2cc(N)cnc2C)n1. The summed E-state index contributed by atoms with van der Waals surface area (Å²) in [5.74, 6) is -0.194. The Morgan fingerprint density at radius 1 is 1.37 bits per heavy atom. The zero-order valence-electron chi connectivity index (χ0n) is 11.0. The van der Waals surface area contributed by atoms with Crippen molar-refractivity contribution in [3.8, 4) is 0 Å². The lowest BCUT2D eigenvalue weighted by atomic mass is 10.2. The Morgan fingerprint density at radius 3 is 2.89 bits per heavy atom. The molecule has 2 aromatic heterocycles. The molecular formula is C14H16N4O. The third kappa shape index (κ3) is 3.28. The summed E-state index contributed by atoms with van der Waals surface area (Å²) in [5.41, 5.74) is 9.01. The summed E-state index contributed by atoms with van der Waals surface area (Å²) in [6.45, 7) is 4.07. The third-order valence-corrected chi connectivity index (χ3v) is 2.73. The fourth-order valence-electron chi connectivity index (χ4n) is 1.74. The number of carbonyl (C=O) groups is 1. The summed E-state index contributed by atoms with van der Waals surface area (Å²) >= 11 is 0. The highest BCUT2D eigenvalue weighted by Gasteiger charge is 2.10. The molecular weight excluding hydrogens is 240 g/mol. The van der Waals surface area contributed by atoms with Crippen LogP contribution in [0.25, 0.3) is 0 Å². The van der Waals surface area contributed by atoms with E-state index in [1.165, 1.54) is 6.20 Å². The van der Waals surface area contributed by atoms with Crippen LogP contribution in [0.4, 0.5) is 5.69 Å². The zero-order chi connectivity index (χ0) is 13.8. The van der Waals surface area contributed by atoms with Gasteiger partial charge in [0.15, 0.2) is 0 Å². The molecule has 1 amide bonds. The van der Waals surface area contributed by atoms with Crippen LogP contribution in [0.3, 0.4) is 0 Å². The number of aromatic nitrogens is 2. The molecule has 2 rings (SSSR count). The topological polar surface area (TPSA) is 80.9 Å². The number of hydrogen-bond donors (Lipinski definition) is 2. The predicted octanol–water partition coefficient (Wildman–Crippen LogP) is 1.61. The van der Waals surface area contributed by atoms with Gasteiger partial charge in [0.05, 0.1) is 35.4 Å². The van der Waals surface area contributed by atoms with Gasteiger partial charge in [-0.2, -0.15) is 0 Å². The molecule has 2 aromatic rings. The summed E-state index contributed by atoms with van der Waals surface area (Å²) < 4.78 is 0. The minimum Gasteiger partial charge on any atom is -0.397 e. The molecule has 0 fully saturated rings. The third-order valence-electron chi connectivity index (χ3n) is 2.73. The lowest BCUT2D eigenvalue weighted by Gasteiger charge is -2.08. The molecule has 0 aromatic carbocycles. The molecule has 98 valence electrons. The van der Waals surface area contributed by atoms with E-state index in [1.54, 1.807) is 13.0 Å². The Kier molecular flexibility index (Phi) is 3.75. The van der Waals surface area contributed by atoms with E-state index in [1.807, 2.05) is 25.1 Å². The smallest absolute Gasteiger partial charge is 0.253 e. The van der Waals surface area contributed by atoms with E-state index in [2.05, 4.69) is 15.3 Å². The molecule has 19 heavy (non-hydrogen) atoms. The van der Waals surface area contributed by atoms with Gasteiger partial charge in [0.2, 0.25) is 0 Å². The van der Waals surface area contributed by atoms with Crippen LogP contribution in [0, 0.1) is 13.8 Å². The van der Waals surface area contributed by atoms with Crippen LogP contribution >= 0.6 is 0 Å². The van der Waals surface area contributed by atoms with Gasteiger partial charge in [-0.1, -0.05) is 6.07 Å². The number of aryl methyl sites for hydroxylation is 2. The summed E-state index contributed by atoms with van der Waals surface area (Å²) in [7, 11) is 0. The molecule has 0 saturated carbocycles. The fourth-order valence-corrected chi connectivity index (χ4v) is 1.74. The average Bonchev–Trinajstić information content (AvgIpc) is 2.39. The van der Waals surface area contributed by atoms with Gasteiger partial charge in [-0.3, -0.25) is 14.8 Å². The van der Waals surface area contributed by atoms with Crippen molar-refractivity contribution in [1.29, 1.82) is 0 Å². The van der Waals surface area contributed by atoms with E-state index < -0.39 is 0 Å². The van der Waals surface area contributed by atoms with E-state index in [0.717, 1.165) is 11.4 Å². The van der Waals surface area contributed by atoms with Crippen LogP contribution < -0.4 is 11.1 Å². The van der Waals surface area contributed by atoms with Crippen molar-refractivity contribution in [1.82, 2.24) is 15.3 Å². The highest BCUT2D eigenvalue weighted by molar-refractivity contribution is 5.95. The molecule has 0 radical (unpaired) electrons. The largest absolute Gasteiger partial charge is 0.397 e. The van der Waals surface area contributed by atoms with Gasteiger partial charge in [0.25, 0.3) is 5.91 Å². The van der Waals surface area contributed by atoms with Crippen molar-refractivity contribution < 1.29 is 4.79 Å². The second-order valence-electron chi connectivity index (χ2n) is 4.35. The van der Waals surface area contributed by atoms with Crippen molar-refractivity contribution in [3.63, 3.8) is 0 Å². The zero-order valence-corrected chi connectivity index (χ0v) is 11.0. The van der Waals surface area contributed by atoms with Gasteiger partial charge >= 0.3 is 0 Å². The van der Waals surface area contributed by atoms with E-state index in [-0.39, 0.29) is 5.91 Å². The molecule has 0 unspecified atom stereocenters. The van der Waals surface area contributed by atoms with E-state index in [4.69, 9.17) is 5.73 Å². The summed E-state index contributed by atoms with van der Waals surface area (Å²) in [5, 5.41) is 2.81. The van der Waals surface area contributed by atoms with E-state index >= 15 is 0 Å². The summed E-state index contributed by atoms with van der Waals surface area (Å²) in [4.78, 5) is 20.4. The molecule has 0 aliphatic heterocycles. The predicted molar refractivity (Wildman–Crippen MR) is 73.5 cm³/mol. The lowest BCUT2D eigenvalue weighted by Crippen LogP contribution is -2.24. The maximum atomic E-state index is 12.0. The van der Waals surface area contributed by atoms with Crippen LogP contribution in [-0.4, -0.2) is 15.9 Å². The number of nitrogens with two attached hydrogens (primary N) is 1. The highest BCUT2D eigenvalue weighted by Crippen LogP contribution is 2.09. The first kappa shape index (κ1) is 13.0. The van der Waals surface area contributed by atoms with Crippen LogP contribution in [-0.2, 0) is 6.54 Å². The number of nitrogens with zero attached hydrogens (tertiary/aromatic N) is 2. The second kappa shape index (κ2) is 5.48. The number of carbonyl (C=O) groups excluding carboxylic acids is 1. The van der Waals surface area contributed by atoms with Crippen molar-refractivity contribution in [2.45, 2.75) is 20.4 Å². The van der Waals surface area contributed by atoms with Crippen LogP contribution in [0.1, 0.15) is 27.4 Å². The second-order valence-corrected chi connectivity index (χ2v) is 4.35. The molecule has 5 heteroatoms. The number of nitrogens with one attached hydrogen (secondary N) is 1. The van der Waals surface area contributed by atoms with Crippen LogP contribution in [0.5, 0.6) is 0 Å². The summed E-state index contributed by atoms with van der Waals surface area (Å²) in [6.07, 6.45) is 1.54. The van der Waals surface area contributed by atoms with E-state index in [9.17, 15) is 4.79 Å². The Balaban J connectivity index is 2.07. The minimum absolute atomic E-state index is 0.194. The van der Waals surface area contributed by atoms with Crippen LogP contribution in [0.15, 0.2) is 30.5 Å². The van der Waals surface area contributed by atoms with E-state index in [0.29, 0.717) is 23.5 Å². The summed E-state index contributed by atoms with van der Waals surface area (Å²) in [6, 6.07) is 7.33. The monoisotopic (exact) mass is 256 g/mol. The average molecular weight is 256 g/mol. The minimum atomic E-state index is -0.194. The fraction of sp³-hybridized carbons (Fsp3) is 0.214. The number of anilines is 1. The maximum absolute atomic E-state index is 12.0. The van der Waals surface area contributed by atoms with Gasteiger partial charge in [0, 0.05) is 5.69 Å². The first-order chi connectivity index (χ1) is 9.06. The van der Waals surface area contributed by atoms with Gasteiger partial charge < -0.3 is 11.1 Å². The normalized spacial score (nSPS) is 10.2. The van der Waals surface area contributed by atoms with Gasteiger partial charge in [-0.25, -0.2) is 0 Å². The molecule has 2 heterocycles. The molecule has 3 N–H and O–H groups in total. The Labute approximate surface area is 111 Å². The van der Waals surface area contributed by atoms with Gasteiger partial charge in [0.1, 0.15) is 0 Å². The molecule has 0 bridgehead atoms. The molecule has 0 aliphatic carbocycles. The van der Waals surface area contributed by atoms with Gasteiger partial charge in [-0.15, -0.1) is 0 Å². The molecule has 5 nitrogen and oxygen atoms in total. The van der Waals surface area contributed by atoms with Crippen molar-refractivity contribution >= 4 is 11.6 Å². The molecule has 0 aliphatic rings. The number of amides is 1. The Morgan fingerprint density at radius 2 is 2.16 bits per heavy atom. The Bertz CT molecular complexity index is 610.